The van der Waals surface area contributed by atoms with Crippen LogP contribution in [0, 0.1) is 0 Å². The Hall–Kier alpha value is 2.11. The zero-order chi connectivity index (χ0) is 0. The van der Waals surface area contributed by atoms with Gasteiger partial charge < -0.3 is 0 Å². The molecule has 0 aromatic heterocycles. The van der Waals surface area contributed by atoms with Crippen LogP contribution in [0.3, 0.4) is 0 Å². The van der Waals surface area contributed by atoms with E-state index in [1.807, 2.05) is 0 Å². The maximum Gasteiger partial charge on any atom is 0 e. The van der Waals surface area contributed by atoms with E-state index < -0.39 is 0 Å². The Morgan fingerprint density at radius 2 is 1.00 bits per heavy atom. The molecule has 0 saturated heterocycles. The first-order valence-electron chi connectivity index (χ1n) is 0. The van der Waals surface area contributed by atoms with Gasteiger partial charge in [-0.1, -0.05) is 0 Å². The molecule has 0 amide bonds. The summed E-state index contributed by atoms with van der Waals surface area (Å²) in [5, 5.41) is 0. The van der Waals surface area contributed by atoms with E-state index in [4.69, 9.17) is 0 Å². The fourth-order valence-electron chi connectivity index (χ4n) is 0. The number of hydrogen-bond acceptors (Lipinski definition) is 0. The van der Waals surface area contributed by atoms with E-state index in [9.17, 15) is 0 Å². The van der Waals surface area contributed by atoms with E-state index in [1.54, 1.807) is 0 Å². The van der Waals surface area contributed by atoms with E-state index in [0.29, 0.717) is 0 Å². The van der Waals surface area contributed by atoms with Crippen molar-refractivity contribution >= 4 is 9.90 Å². The van der Waals surface area contributed by atoms with Crippen LogP contribution in [0.15, 0.2) is 0 Å². The summed E-state index contributed by atoms with van der Waals surface area (Å²) in [5.74, 6) is 0. The average Bonchev–Trinajstić information content (AvgIpc) is 0. The maximum atomic E-state index is 0. The minimum atomic E-state index is 0. The topological polar surface area (TPSA) is 0 Å². The largest absolute Gasteiger partial charge is 0 e. The normalized spacial score (nSPS) is 0. The molecule has 0 atom stereocenters. The van der Waals surface area contributed by atoms with Crippen molar-refractivity contribution in [3.8, 4) is 0 Å². The first-order valence-corrected chi connectivity index (χ1v) is 0. The second-order valence-corrected chi connectivity index (χ2v) is 0. The molecule has 4 radical (unpaired) electrons. The first kappa shape index (κ1) is 35.9. The molecule has 0 aliphatic carbocycles. The van der Waals surface area contributed by atoms with Gasteiger partial charge in [-0.3, -0.25) is 0 Å². The molecule has 0 aliphatic rings. The van der Waals surface area contributed by atoms with Gasteiger partial charge in [-0.2, -0.15) is 0 Å². The summed E-state index contributed by atoms with van der Waals surface area (Å²) in [5.41, 5.74) is 0. The van der Waals surface area contributed by atoms with Gasteiger partial charge in [-0.05, 0) is 0 Å². The molecule has 36 valence electrons. The molecule has 0 heterocycles. The maximum absolute atomic E-state index is 0. The van der Waals surface area contributed by atoms with Gasteiger partial charge in [-0.25, -0.2) is 0 Å². The Morgan fingerprint density at radius 3 is 1.00 bits per heavy atom. The monoisotopic (exact) mass is 258 g/mol. The quantitative estimate of drug-likeness (QED) is 0.447. The van der Waals surface area contributed by atoms with Crippen molar-refractivity contribution in [1.29, 1.82) is 0 Å². The van der Waals surface area contributed by atoms with E-state index in [2.05, 4.69) is 0 Å². The van der Waals surface area contributed by atoms with E-state index in [0.717, 1.165) is 0 Å². The predicted molar refractivity (Wildman–Crippen MR) is 6.92 cm³/mol. The standard InChI is InChI=1S/Cu.Ni.P.Pd. The van der Waals surface area contributed by atoms with Crippen LogP contribution in [0.4, 0.5) is 0 Å². The molecule has 0 aliphatic heterocycles. The van der Waals surface area contributed by atoms with E-state index >= 15 is 0 Å². The third kappa shape index (κ3) is 8.93. The summed E-state index contributed by atoms with van der Waals surface area (Å²) in [6, 6.07) is 0. The van der Waals surface area contributed by atoms with E-state index in [1.165, 1.54) is 0 Å². The van der Waals surface area contributed by atoms with Gasteiger partial charge in [0, 0.05) is 63.9 Å². The third-order valence-electron chi connectivity index (χ3n) is 0. The van der Waals surface area contributed by atoms with Crippen molar-refractivity contribution in [3.05, 3.63) is 0 Å². The molecule has 0 nitrogen and oxygen atoms in total. The molecule has 0 aromatic carbocycles. The summed E-state index contributed by atoms with van der Waals surface area (Å²) in [7, 11) is 0. The SMILES string of the molecule is [Cu].[Ni].[P].[Pd]. The van der Waals surface area contributed by atoms with Crippen molar-refractivity contribution in [3.63, 3.8) is 0 Å². The van der Waals surface area contributed by atoms with Gasteiger partial charge in [0.15, 0.2) is 0 Å². The Bertz CT molecular complexity index is 8.00. The molecule has 0 unspecified atom stereocenters. The second kappa shape index (κ2) is 19.4. The summed E-state index contributed by atoms with van der Waals surface area (Å²) in [6.07, 6.45) is 0. The summed E-state index contributed by atoms with van der Waals surface area (Å²) < 4.78 is 0. The van der Waals surface area contributed by atoms with Crippen LogP contribution in [0.2, 0.25) is 0 Å². The van der Waals surface area contributed by atoms with Crippen LogP contribution in [0.25, 0.3) is 0 Å². The molecular formula is CuNiPPd. The van der Waals surface area contributed by atoms with Crippen LogP contribution in [-0.2, 0) is 54.0 Å². The predicted octanol–water partition coefficient (Wildman–Crippen LogP) is 0.854. The fourth-order valence-corrected chi connectivity index (χ4v) is 0. The Balaban J connectivity index is 0. The van der Waals surface area contributed by atoms with Crippen molar-refractivity contribution < 1.29 is 54.0 Å². The molecule has 0 spiro atoms. The minimum Gasteiger partial charge on any atom is 0 e. The molecule has 4 heavy (non-hydrogen) atoms. The van der Waals surface area contributed by atoms with Gasteiger partial charge in [0.25, 0.3) is 0 Å². The van der Waals surface area contributed by atoms with Crippen LogP contribution in [0.1, 0.15) is 0 Å². The third-order valence-corrected chi connectivity index (χ3v) is 0. The summed E-state index contributed by atoms with van der Waals surface area (Å²) in [6.45, 7) is 0. The van der Waals surface area contributed by atoms with Crippen LogP contribution in [0.5, 0.6) is 0 Å². The van der Waals surface area contributed by atoms with Crippen LogP contribution < -0.4 is 0 Å². The van der Waals surface area contributed by atoms with Crippen molar-refractivity contribution in [2.24, 2.45) is 0 Å². The molecule has 0 saturated carbocycles. The van der Waals surface area contributed by atoms with Gasteiger partial charge in [0.1, 0.15) is 0 Å². The Labute approximate surface area is 63.5 Å². The molecular weight excluding hydrogens is 260 g/mol. The van der Waals surface area contributed by atoms with Gasteiger partial charge in [0.05, 0.1) is 0 Å². The zero-order valence-electron chi connectivity index (χ0n) is 1.38. The Morgan fingerprint density at radius 1 is 1.00 bits per heavy atom. The first-order chi connectivity index (χ1) is 0. The van der Waals surface area contributed by atoms with Gasteiger partial charge >= 0.3 is 0 Å². The average molecular weight is 260 g/mol. The van der Waals surface area contributed by atoms with E-state index in [-0.39, 0.29) is 63.9 Å². The van der Waals surface area contributed by atoms with Gasteiger partial charge in [0.2, 0.25) is 0 Å². The molecule has 0 fully saturated rings. The molecule has 0 bridgehead atoms. The summed E-state index contributed by atoms with van der Waals surface area (Å²) in [4.78, 5) is 0. The molecule has 0 N–H and O–H groups in total. The molecule has 4 heteroatoms. The van der Waals surface area contributed by atoms with Crippen LogP contribution >= 0.6 is 9.90 Å². The Kier molecular flexibility index (Phi) is 174. The molecule has 0 rings (SSSR count). The van der Waals surface area contributed by atoms with Crippen LogP contribution in [-0.4, -0.2) is 0 Å². The summed E-state index contributed by atoms with van der Waals surface area (Å²) >= 11 is 0. The van der Waals surface area contributed by atoms with Gasteiger partial charge in [-0.15, -0.1) is 0 Å². The van der Waals surface area contributed by atoms with Crippen molar-refractivity contribution in [2.75, 3.05) is 0 Å². The smallest absolute Gasteiger partial charge is 0 e. The number of rotatable bonds is 0. The van der Waals surface area contributed by atoms with Crippen molar-refractivity contribution in [1.82, 2.24) is 0 Å². The fraction of sp³-hybridized carbons (Fsp3) is 0. The zero-order valence-corrected chi connectivity index (χ0v) is 5.76. The second-order valence-electron chi connectivity index (χ2n) is 0. The van der Waals surface area contributed by atoms with Crippen molar-refractivity contribution in [2.45, 2.75) is 0 Å². The number of hydrogen-bond donors (Lipinski definition) is 0. The minimum absolute atomic E-state index is 0. The molecule has 0 aromatic rings.